The average Bonchev–Trinajstić information content (AvgIpc) is 2.37. The second-order valence-corrected chi connectivity index (χ2v) is 6.01. The summed E-state index contributed by atoms with van der Waals surface area (Å²) in [6.07, 6.45) is 0. The molecule has 2 atom stereocenters. The molecule has 0 bridgehead atoms. The van der Waals surface area contributed by atoms with Gasteiger partial charge in [-0.15, -0.1) is 0 Å². The van der Waals surface area contributed by atoms with Crippen LogP contribution >= 0.6 is 0 Å². The van der Waals surface area contributed by atoms with Gasteiger partial charge in [0.15, 0.2) is 0 Å². The zero-order valence-corrected chi connectivity index (χ0v) is 11.4. The molecule has 0 aromatic heterocycles. The van der Waals surface area contributed by atoms with Crippen LogP contribution in [0.1, 0.15) is 32.4 Å². The Morgan fingerprint density at radius 3 is 2.83 bits per heavy atom. The van der Waals surface area contributed by atoms with Crippen LogP contribution in [0.25, 0.3) is 0 Å². The first kappa shape index (κ1) is 13.4. The summed E-state index contributed by atoms with van der Waals surface area (Å²) in [4.78, 5) is 0. The van der Waals surface area contributed by atoms with Crippen molar-refractivity contribution in [1.29, 1.82) is 0 Å². The molecule has 0 saturated carbocycles. The van der Waals surface area contributed by atoms with Crippen LogP contribution in [-0.2, 0) is 0 Å². The standard InChI is InChI=1S/C15H23NO2/c1-11-8-18-13-7-5-4-6-12(13)14(11)16-9-15(2,3)10-17/h4-7,11,14,16-17H,8-10H2,1-3H3. The molecule has 2 N–H and O–H groups in total. The van der Waals surface area contributed by atoms with Gasteiger partial charge in [0, 0.05) is 36.1 Å². The Morgan fingerprint density at radius 2 is 2.11 bits per heavy atom. The van der Waals surface area contributed by atoms with Crippen LogP contribution in [0.15, 0.2) is 24.3 Å². The molecule has 2 unspecified atom stereocenters. The SMILES string of the molecule is CC1COc2ccccc2C1NCC(C)(C)CO. The summed E-state index contributed by atoms with van der Waals surface area (Å²) in [6.45, 7) is 8.06. The molecule has 0 fully saturated rings. The Kier molecular flexibility index (Phi) is 3.93. The molecule has 0 amide bonds. The highest BCUT2D eigenvalue weighted by Crippen LogP contribution is 2.35. The van der Waals surface area contributed by atoms with Crippen molar-refractivity contribution in [3.05, 3.63) is 29.8 Å². The summed E-state index contributed by atoms with van der Waals surface area (Å²) in [5.41, 5.74) is 1.14. The molecule has 1 aromatic rings. The lowest BCUT2D eigenvalue weighted by Gasteiger charge is -2.34. The fraction of sp³-hybridized carbons (Fsp3) is 0.600. The zero-order chi connectivity index (χ0) is 13.2. The summed E-state index contributed by atoms with van der Waals surface area (Å²) in [5.74, 6) is 1.42. The third-order valence-electron chi connectivity index (χ3n) is 3.55. The van der Waals surface area contributed by atoms with Gasteiger partial charge in [0.25, 0.3) is 0 Å². The maximum atomic E-state index is 9.32. The fourth-order valence-corrected chi connectivity index (χ4v) is 2.25. The first-order chi connectivity index (χ1) is 8.53. The minimum absolute atomic E-state index is 0.0903. The molecule has 3 nitrogen and oxygen atoms in total. The highest BCUT2D eigenvalue weighted by Gasteiger charge is 2.29. The number of nitrogens with one attached hydrogen (secondary N) is 1. The lowest BCUT2D eigenvalue weighted by atomic mass is 9.89. The van der Waals surface area contributed by atoms with Crippen LogP contribution in [0.5, 0.6) is 5.75 Å². The Morgan fingerprint density at radius 1 is 1.39 bits per heavy atom. The van der Waals surface area contributed by atoms with E-state index in [1.807, 2.05) is 18.2 Å². The van der Waals surface area contributed by atoms with E-state index in [9.17, 15) is 5.11 Å². The molecule has 1 heterocycles. The fourth-order valence-electron chi connectivity index (χ4n) is 2.25. The van der Waals surface area contributed by atoms with Crippen LogP contribution < -0.4 is 10.1 Å². The predicted molar refractivity (Wildman–Crippen MR) is 72.7 cm³/mol. The van der Waals surface area contributed by atoms with E-state index in [-0.39, 0.29) is 12.0 Å². The maximum absolute atomic E-state index is 9.32. The van der Waals surface area contributed by atoms with Gasteiger partial charge in [-0.1, -0.05) is 39.0 Å². The van der Waals surface area contributed by atoms with Gasteiger partial charge in [-0.05, 0) is 6.07 Å². The van der Waals surface area contributed by atoms with Crippen molar-refractivity contribution in [3.8, 4) is 5.75 Å². The van der Waals surface area contributed by atoms with Crippen molar-refractivity contribution in [2.24, 2.45) is 11.3 Å². The van der Waals surface area contributed by atoms with E-state index >= 15 is 0 Å². The van der Waals surface area contributed by atoms with E-state index in [4.69, 9.17) is 4.74 Å². The van der Waals surface area contributed by atoms with Gasteiger partial charge in [-0.2, -0.15) is 0 Å². The van der Waals surface area contributed by atoms with Crippen LogP contribution in [0, 0.1) is 11.3 Å². The van der Waals surface area contributed by atoms with E-state index in [1.165, 1.54) is 5.56 Å². The molecule has 1 aromatic carbocycles. The highest BCUT2D eigenvalue weighted by molar-refractivity contribution is 5.37. The quantitative estimate of drug-likeness (QED) is 0.860. The van der Waals surface area contributed by atoms with E-state index in [1.54, 1.807) is 0 Å². The molecule has 100 valence electrons. The number of benzene rings is 1. The van der Waals surface area contributed by atoms with Crippen molar-refractivity contribution in [2.45, 2.75) is 26.8 Å². The number of hydrogen-bond acceptors (Lipinski definition) is 3. The van der Waals surface area contributed by atoms with Gasteiger partial charge in [-0.25, -0.2) is 0 Å². The molecule has 2 rings (SSSR count). The lowest BCUT2D eigenvalue weighted by molar-refractivity contribution is 0.135. The zero-order valence-electron chi connectivity index (χ0n) is 11.4. The minimum Gasteiger partial charge on any atom is -0.493 e. The summed E-state index contributed by atoms with van der Waals surface area (Å²) in [7, 11) is 0. The van der Waals surface area contributed by atoms with Crippen molar-refractivity contribution in [3.63, 3.8) is 0 Å². The number of para-hydroxylation sites is 1. The highest BCUT2D eigenvalue weighted by atomic mass is 16.5. The van der Waals surface area contributed by atoms with Crippen LogP contribution in [0.4, 0.5) is 0 Å². The Bertz CT molecular complexity index is 403. The number of aliphatic hydroxyl groups excluding tert-OH is 1. The van der Waals surface area contributed by atoms with Crippen LogP contribution in [0.2, 0.25) is 0 Å². The Hall–Kier alpha value is -1.06. The van der Waals surface area contributed by atoms with E-state index < -0.39 is 0 Å². The minimum atomic E-state index is -0.0903. The first-order valence-corrected chi connectivity index (χ1v) is 6.59. The topological polar surface area (TPSA) is 41.5 Å². The van der Waals surface area contributed by atoms with Crippen molar-refractivity contribution < 1.29 is 9.84 Å². The van der Waals surface area contributed by atoms with Gasteiger partial charge in [-0.3, -0.25) is 0 Å². The van der Waals surface area contributed by atoms with Crippen molar-refractivity contribution in [2.75, 3.05) is 19.8 Å². The maximum Gasteiger partial charge on any atom is 0.124 e. The molecule has 1 aliphatic heterocycles. The summed E-state index contributed by atoms with van der Waals surface area (Å²) in [6, 6.07) is 8.50. The van der Waals surface area contributed by atoms with E-state index in [2.05, 4.69) is 32.2 Å². The number of aliphatic hydroxyl groups is 1. The third-order valence-corrected chi connectivity index (χ3v) is 3.55. The van der Waals surface area contributed by atoms with Gasteiger partial charge in [0.2, 0.25) is 0 Å². The molecular formula is C15H23NO2. The molecule has 18 heavy (non-hydrogen) atoms. The number of rotatable bonds is 4. The third kappa shape index (κ3) is 2.85. The molecule has 1 aliphatic rings. The summed E-state index contributed by atoms with van der Waals surface area (Å²) >= 11 is 0. The van der Waals surface area contributed by atoms with Gasteiger partial charge >= 0.3 is 0 Å². The normalized spacial score (nSPS) is 23.3. The average molecular weight is 249 g/mol. The van der Waals surface area contributed by atoms with Gasteiger partial charge in [0.1, 0.15) is 5.75 Å². The van der Waals surface area contributed by atoms with Gasteiger partial charge < -0.3 is 15.2 Å². The second kappa shape index (κ2) is 5.29. The summed E-state index contributed by atoms with van der Waals surface area (Å²) in [5, 5.41) is 12.9. The Labute approximate surface area is 109 Å². The van der Waals surface area contributed by atoms with Crippen LogP contribution in [-0.4, -0.2) is 24.9 Å². The predicted octanol–water partition coefficient (Wildman–Crippen LogP) is 2.36. The molecule has 0 aliphatic carbocycles. The molecular weight excluding hydrogens is 226 g/mol. The lowest BCUT2D eigenvalue weighted by Crippen LogP contribution is -2.40. The number of ether oxygens (including phenoxy) is 1. The molecule has 0 radical (unpaired) electrons. The number of fused-ring (bicyclic) bond motifs is 1. The molecule has 3 heteroatoms. The van der Waals surface area contributed by atoms with Crippen LogP contribution in [0.3, 0.4) is 0 Å². The molecule has 0 spiro atoms. The largest absolute Gasteiger partial charge is 0.493 e. The smallest absolute Gasteiger partial charge is 0.124 e. The summed E-state index contributed by atoms with van der Waals surface area (Å²) < 4.78 is 5.73. The molecule has 0 saturated heterocycles. The van der Waals surface area contributed by atoms with Crippen molar-refractivity contribution in [1.82, 2.24) is 5.32 Å². The first-order valence-electron chi connectivity index (χ1n) is 6.59. The van der Waals surface area contributed by atoms with Gasteiger partial charge in [0.05, 0.1) is 6.61 Å². The van der Waals surface area contributed by atoms with Crippen molar-refractivity contribution >= 4 is 0 Å². The van der Waals surface area contributed by atoms with E-state index in [0.29, 0.717) is 12.0 Å². The van der Waals surface area contributed by atoms with E-state index in [0.717, 1.165) is 18.9 Å². The monoisotopic (exact) mass is 249 g/mol. The Balaban J connectivity index is 2.12. The second-order valence-electron chi connectivity index (χ2n) is 6.01. The number of hydrogen-bond donors (Lipinski definition) is 2.